The van der Waals surface area contributed by atoms with Crippen LogP contribution in [0.1, 0.15) is 18.4 Å². The van der Waals surface area contributed by atoms with Gasteiger partial charge in [-0.1, -0.05) is 29.8 Å². The van der Waals surface area contributed by atoms with Crippen LogP contribution in [0.3, 0.4) is 0 Å². The molecule has 25 heavy (non-hydrogen) atoms. The third-order valence-electron chi connectivity index (χ3n) is 3.72. The van der Waals surface area contributed by atoms with Gasteiger partial charge in [-0.2, -0.15) is 4.98 Å². The van der Waals surface area contributed by atoms with E-state index in [0.29, 0.717) is 39.6 Å². The molecule has 130 valence electrons. The maximum atomic E-state index is 6.15. The molecular weight excluding hydrogens is 404 g/mol. The first kappa shape index (κ1) is 17.7. The summed E-state index contributed by atoms with van der Waals surface area (Å²) in [6.07, 6.45) is 5.55. The molecule has 0 bridgehead atoms. The molecule has 0 unspecified atom stereocenters. The fraction of sp³-hybridized carbons (Fsp3) is 0.235. The van der Waals surface area contributed by atoms with Gasteiger partial charge >= 0.3 is 0 Å². The first-order chi connectivity index (χ1) is 12.0. The van der Waals surface area contributed by atoms with Crippen LogP contribution in [-0.2, 0) is 6.54 Å². The van der Waals surface area contributed by atoms with Gasteiger partial charge in [0.1, 0.15) is 5.84 Å². The summed E-state index contributed by atoms with van der Waals surface area (Å²) in [5.74, 6) is 1.64. The molecule has 1 aliphatic rings. The van der Waals surface area contributed by atoms with Crippen molar-refractivity contribution in [2.45, 2.75) is 19.4 Å². The Morgan fingerprint density at radius 2 is 2.12 bits per heavy atom. The molecule has 0 amide bonds. The average Bonchev–Trinajstić information content (AvgIpc) is 3.42. The first-order valence-electron chi connectivity index (χ1n) is 7.84. The van der Waals surface area contributed by atoms with Crippen molar-refractivity contribution in [3.63, 3.8) is 0 Å². The second kappa shape index (κ2) is 7.84. The number of benzene rings is 1. The molecule has 1 aromatic carbocycles. The van der Waals surface area contributed by atoms with E-state index in [4.69, 9.17) is 23.1 Å². The van der Waals surface area contributed by atoms with Crippen LogP contribution in [0.4, 0.5) is 11.8 Å². The highest BCUT2D eigenvalue weighted by atomic mass is 79.9. The van der Waals surface area contributed by atoms with Crippen LogP contribution < -0.4 is 16.8 Å². The Bertz CT molecular complexity index is 832. The molecule has 0 spiro atoms. The predicted octanol–water partition coefficient (Wildman–Crippen LogP) is 3.75. The lowest BCUT2D eigenvalue weighted by atomic mass is 10.2. The summed E-state index contributed by atoms with van der Waals surface area (Å²) < 4.78 is 0.650. The van der Waals surface area contributed by atoms with Crippen LogP contribution in [0.25, 0.3) is 0 Å². The molecule has 6 nitrogen and oxygen atoms in total. The number of rotatable bonds is 6. The largest absolute Gasteiger partial charge is 0.402 e. The maximum Gasteiger partial charge on any atom is 0.225 e. The van der Waals surface area contributed by atoms with E-state index in [1.807, 2.05) is 24.3 Å². The van der Waals surface area contributed by atoms with E-state index in [-0.39, 0.29) is 0 Å². The number of amidine groups is 1. The highest BCUT2D eigenvalue weighted by Crippen LogP contribution is 2.33. The fourth-order valence-corrected chi connectivity index (χ4v) is 2.68. The number of aliphatic imine (C=N–C) groups is 1. The molecule has 0 radical (unpaired) electrons. The quantitative estimate of drug-likeness (QED) is 0.487. The van der Waals surface area contributed by atoms with Gasteiger partial charge in [0.2, 0.25) is 5.95 Å². The zero-order chi connectivity index (χ0) is 17.8. The lowest BCUT2D eigenvalue weighted by molar-refractivity contribution is 0.982. The molecule has 0 saturated heterocycles. The van der Waals surface area contributed by atoms with Crippen LogP contribution >= 0.6 is 27.5 Å². The van der Waals surface area contributed by atoms with E-state index < -0.39 is 0 Å². The molecule has 5 N–H and O–H groups in total. The molecule has 1 saturated carbocycles. The lowest BCUT2D eigenvalue weighted by Crippen LogP contribution is -2.12. The summed E-state index contributed by atoms with van der Waals surface area (Å²) in [4.78, 5) is 12.9. The van der Waals surface area contributed by atoms with Crippen molar-refractivity contribution < 1.29 is 0 Å². The van der Waals surface area contributed by atoms with Gasteiger partial charge in [0.25, 0.3) is 0 Å². The van der Waals surface area contributed by atoms with Crippen molar-refractivity contribution >= 4 is 45.1 Å². The molecule has 1 aromatic heterocycles. The van der Waals surface area contributed by atoms with Gasteiger partial charge < -0.3 is 16.8 Å². The number of nitrogens with one attached hydrogen (secondary N) is 1. The van der Waals surface area contributed by atoms with Crippen LogP contribution in [0, 0.1) is 5.92 Å². The second-order valence-corrected chi connectivity index (χ2v) is 7.03. The SMILES string of the molecule is NC(/C=C(\N)C1CC1)=Nc1nc(NCc2ccccc2Cl)ncc1Br. The smallest absolute Gasteiger partial charge is 0.225 e. The van der Waals surface area contributed by atoms with Crippen LogP contribution in [-0.4, -0.2) is 15.8 Å². The van der Waals surface area contributed by atoms with Gasteiger partial charge in [-0.15, -0.1) is 0 Å². The van der Waals surface area contributed by atoms with E-state index in [2.05, 4.69) is 36.2 Å². The summed E-state index contributed by atoms with van der Waals surface area (Å²) in [7, 11) is 0. The summed E-state index contributed by atoms with van der Waals surface area (Å²) in [6, 6.07) is 7.60. The van der Waals surface area contributed by atoms with Crippen molar-refractivity contribution in [2.75, 3.05) is 5.32 Å². The summed E-state index contributed by atoms with van der Waals surface area (Å²) in [6.45, 7) is 0.508. The molecule has 0 atom stereocenters. The van der Waals surface area contributed by atoms with Crippen LogP contribution in [0.15, 0.2) is 51.7 Å². The second-order valence-electron chi connectivity index (χ2n) is 5.77. The van der Waals surface area contributed by atoms with Crippen LogP contribution in [0.2, 0.25) is 5.02 Å². The minimum atomic E-state index is 0.320. The van der Waals surface area contributed by atoms with Gasteiger partial charge in [-0.25, -0.2) is 9.98 Å². The zero-order valence-electron chi connectivity index (χ0n) is 13.4. The van der Waals surface area contributed by atoms with E-state index in [1.54, 1.807) is 12.3 Å². The number of hydrogen-bond donors (Lipinski definition) is 3. The fourth-order valence-electron chi connectivity index (χ4n) is 2.20. The molecule has 1 fully saturated rings. The zero-order valence-corrected chi connectivity index (χ0v) is 15.8. The van der Waals surface area contributed by atoms with E-state index >= 15 is 0 Å². The van der Waals surface area contributed by atoms with Gasteiger partial charge in [-0.05, 0) is 52.4 Å². The number of aromatic nitrogens is 2. The molecule has 0 aliphatic heterocycles. The Morgan fingerprint density at radius 3 is 2.84 bits per heavy atom. The Hall–Kier alpha value is -2.12. The summed E-state index contributed by atoms with van der Waals surface area (Å²) in [5.41, 5.74) is 13.6. The summed E-state index contributed by atoms with van der Waals surface area (Å²) >= 11 is 9.54. The van der Waals surface area contributed by atoms with E-state index in [1.165, 1.54) is 0 Å². The Labute approximate surface area is 159 Å². The molecular formula is C17H18BrClN6. The van der Waals surface area contributed by atoms with Crippen molar-refractivity contribution in [3.8, 4) is 0 Å². The van der Waals surface area contributed by atoms with Crippen molar-refractivity contribution in [1.29, 1.82) is 0 Å². The van der Waals surface area contributed by atoms with Crippen molar-refractivity contribution in [2.24, 2.45) is 22.4 Å². The number of nitrogens with zero attached hydrogens (tertiary/aromatic N) is 3. The Morgan fingerprint density at radius 1 is 1.36 bits per heavy atom. The van der Waals surface area contributed by atoms with E-state index in [9.17, 15) is 0 Å². The Kier molecular flexibility index (Phi) is 5.55. The van der Waals surface area contributed by atoms with Crippen molar-refractivity contribution in [1.82, 2.24) is 9.97 Å². The highest BCUT2D eigenvalue weighted by molar-refractivity contribution is 9.10. The number of halogens is 2. The van der Waals surface area contributed by atoms with Gasteiger partial charge in [0, 0.05) is 23.5 Å². The minimum Gasteiger partial charge on any atom is -0.402 e. The molecule has 1 aliphatic carbocycles. The molecule has 1 heterocycles. The molecule has 8 heteroatoms. The number of allylic oxidation sites excluding steroid dienone is 1. The third kappa shape index (κ3) is 4.93. The maximum absolute atomic E-state index is 6.15. The normalized spacial score (nSPS) is 15.3. The third-order valence-corrected chi connectivity index (χ3v) is 4.65. The minimum absolute atomic E-state index is 0.320. The van der Waals surface area contributed by atoms with Crippen LogP contribution in [0.5, 0.6) is 0 Å². The van der Waals surface area contributed by atoms with E-state index in [0.717, 1.165) is 24.1 Å². The lowest BCUT2D eigenvalue weighted by Gasteiger charge is -2.08. The molecule has 3 rings (SSSR count). The first-order valence-corrected chi connectivity index (χ1v) is 9.01. The topological polar surface area (TPSA) is 102 Å². The number of hydrogen-bond acceptors (Lipinski definition) is 5. The number of anilines is 1. The predicted molar refractivity (Wildman–Crippen MR) is 105 cm³/mol. The van der Waals surface area contributed by atoms with Crippen molar-refractivity contribution in [3.05, 3.63) is 57.3 Å². The average molecular weight is 422 g/mol. The highest BCUT2D eigenvalue weighted by Gasteiger charge is 2.24. The van der Waals surface area contributed by atoms with Gasteiger partial charge in [0.15, 0.2) is 5.82 Å². The standard InChI is InChI=1S/C17H18BrClN6/c18-12-9-23-17(22-8-11-3-1-2-4-13(11)19)25-16(12)24-15(21)7-14(20)10-5-6-10/h1-4,7,9-10H,5-6,8,20H2,(H3,21,22,23,24,25)/b14-7-. The van der Waals surface area contributed by atoms with Gasteiger partial charge in [0.05, 0.1) is 4.47 Å². The summed E-state index contributed by atoms with van der Waals surface area (Å²) in [5, 5.41) is 3.82. The Balaban J connectivity index is 1.74. The van der Waals surface area contributed by atoms with Gasteiger partial charge in [-0.3, -0.25) is 0 Å². The monoisotopic (exact) mass is 420 g/mol. The molecule has 2 aromatic rings. The number of nitrogens with two attached hydrogens (primary N) is 2.